The van der Waals surface area contributed by atoms with Crippen LogP contribution in [0.2, 0.25) is 0 Å². The fourth-order valence-corrected chi connectivity index (χ4v) is 2.37. The smallest absolute Gasteiger partial charge is 0.191 e. The van der Waals surface area contributed by atoms with Crippen molar-refractivity contribution in [2.45, 2.75) is 53.0 Å². The molecule has 0 aromatic carbocycles. The summed E-state index contributed by atoms with van der Waals surface area (Å²) in [6, 6.07) is 0. The Morgan fingerprint density at radius 2 is 2.16 bits per heavy atom. The summed E-state index contributed by atoms with van der Waals surface area (Å²) in [5, 5.41) is 9.89. The van der Waals surface area contributed by atoms with Crippen LogP contribution in [0.15, 0.2) is 10.4 Å². The first-order chi connectivity index (χ1) is 9.17. The number of rotatable bonds is 7. The zero-order valence-electron chi connectivity index (χ0n) is 12.5. The summed E-state index contributed by atoms with van der Waals surface area (Å²) >= 11 is 1.72. The summed E-state index contributed by atoms with van der Waals surface area (Å²) in [6.07, 6.45) is 2.36. The van der Waals surface area contributed by atoms with E-state index in [0.717, 1.165) is 24.7 Å². The Hall–Kier alpha value is -1.10. The maximum Gasteiger partial charge on any atom is 0.191 e. The number of hydrogen-bond donors (Lipinski definition) is 2. The molecular formula is C14H26N4S. The van der Waals surface area contributed by atoms with E-state index in [-0.39, 0.29) is 0 Å². The second-order valence-electron chi connectivity index (χ2n) is 4.81. The van der Waals surface area contributed by atoms with Gasteiger partial charge in [-0.1, -0.05) is 27.2 Å². The highest BCUT2D eigenvalue weighted by atomic mass is 32.1. The second kappa shape index (κ2) is 8.91. The monoisotopic (exact) mass is 282 g/mol. The van der Waals surface area contributed by atoms with Gasteiger partial charge in [0.2, 0.25) is 0 Å². The molecular weight excluding hydrogens is 256 g/mol. The van der Waals surface area contributed by atoms with Crippen LogP contribution in [0.25, 0.3) is 0 Å². The van der Waals surface area contributed by atoms with Crippen LogP contribution in [0, 0.1) is 0 Å². The van der Waals surface area contributed by atoms with Crippen LogP contribution in [-0.2, 0) is 6.54 Å². The Kier molecular flexibility index (Phi) is 7.48. The minimum atomic E-state index is 0.499. The molecule has 19 heavy (non-hydrogen) atoms. The van der Waals surface area contributed by atoms with Gasteiger partial charge in [-0.05, 0) is 13.3 Å². The van der Waals surface area contributed by atoms with Crippen molar-refractivity contribution >= 4 is 17.3 Å². The van der Waals surface area contributed by atoms with Crippen molar-refractivity contribution in [3.8, 4) is 0 Å². The van der Waals surface area contributed by atoms with E-state index in [2.05, 4.69) is 53.7 Å². The third-order valence-corrected chi connectivity index (χ3v) is 3.82. The molecule has 108 valence electrons. The van der Waals surface area contributed by atoms with Gasteiger partial charge < -0.3 is 10.6 Å². The SMILES string of the molecule is CCCCNC(=NCc1csc(C(C)C)n1)NCC. The Bertz CT molecular complexity index is 385. The molecule has 0 radical (unpaired) electrons. The maximum absolute atomic E-state index is 4.59. The number of aromatic nitrogens is 1. The average Bonchev–Trinajstić information content (AvgIpc) is 2.85. The van der Waals surface area contributed by atoms with Crippen molar-refractivity contribution in [2.24, 2.45) is 4.99 Å². The van der Waals surface area contributed by atoms with Crippen molar-refractivity contribution in [3.63, 3.8) is 0 Å². The van der Waals surface area contributed by atoms with E-state index in [1.165, 1.54) is 17.8 Å². The fourth-order valence-electron chi connectivity index (χ4n) is 1.55. The Morgan fingerprint density at radius 3 is 2.74 bits per heavy atom. The quantitative estimate of drug-likeness (QED) is 0.459. The van der Waals surface area contributed by atoms with E-state index in [1.807, 2.05) is 0 Å². The van der Waals surface area contributed by atoms with E-state index < -0.39 is 0 Å². The topological polar surface area (TPSA) is 49.3 Å². The molecule has 0 aliphatic heterocycles. The van der Waals surface area contributed by atoms with Crippen LogP contribution in [0.4, 0.5) is 0 Å². The number of hydrogen-bond acceptors (Lipinski definition) is 3. The summed E-state index contributed by atoms with van der Waals surface area (Å²) in [5.74, 6) is 1.38. The third-order valence-electron chi connectivity index (χ3n) is 2.63. The van der Waals surface area contributed by atoms with Gasteiger partial charge in [-0.3, -0.25) is 0 Å². The summed E-state index contributed by atoms with van der Waals surface area (Å²) < 4.78 is 0. The van der Waals surface area contributed by atoms with Gasteiger partial charge in [0.15, 0.2) is 5.96 Å². The molecule has 0 unspecified atom stereocenters. The summed E-state index contributed by atoms with van der Waals surface area (Å²) in [5.41, 5.74) is 1.06. The molecule has 1 aromatic rings. The van der Waals surface area contributed by atoms with Crippen LogP contribution in [0.3, 0.4) is 0 Å². The number of unbranched alkanes of at least 4 members (excludes halogenated alkanes) is 1. The first-order valence-corrected chi connectivity index (χ1v) is 8.01. The molecule has 1 aromatic heterocycles. The lowest BCUT2D eigenvalue weighted by Gasteiger charge is -2.10. The number of nitrogens with zero attached hydrogens (tertiary/aromatic N) is 2. The van der Waals surface area contributed by atoms with Gasteiger partial charge in [0.05, 0.1) is 17.2 Å². The predicted molar refractivity (Wildman–Crippen MR) is 83.9 cm³/mol. The van der Waals surface area contributed by atoms with Crippen molar-refractivity contribution in [1.29, 1.82) is 0 Å². The van der Waals surface area contributed by atoms with Crippen LogP contribution >= 0.6 is 11.3 Å². The van der Waals surface area contributed by atoms with Gasteiger partial charge in [-0.25, -0.2) is 9.98 Å². The first kappa shape index (κ1) is 16.0. The third kappa shape index (κ3) is 6.05. The normalized spacial score (nSPS) is 11.9. The molecule has 0 spiro atoms. The standard InChI is InChI=1S/C14H26N4S/c1-5-7-8-16-14(15-6-2)17-9-12-10-19-13(18-12)11(3)4/h10-11H,5-9H2,1-4H3,(H2,15,16,17). The lowest BCUT2D eigenvalue weighted by molar-refractivity contribution is 0.729. The molecule has 2 N–H and O–H groups in total. The lowest BCUT2D eigenvalue weighted by atomic mass is 10.2. The van der Waals surface area contributed by atoms with Crippen LogP contribution in [-0.4, -0.2) is 24.0 Å². The van der Waals surface area contributed by atoms with E-state index >= 15 is 0 Å². The molecule has 0 saturated heterocycles. The summed E-state index contributed by atoms with van der Waals surface area (Å²) in [6.45, 7) is 11.1. The molecule has 1 rings (SSSR count). The molecule has 0 atom stereocenters. The second-order valence-corrected chi connectivity index (χ2v) is 5.70. The summed E-state index contributed by atoms with van der Waals surface area (Å²) in [4.78, 5) is 9.16. The molecule has 0 aliphatic carbocycles. The van der Waals surface area contributed by atoms with E-state index in [0.29, 0.717) is 12.5 Å². The average molecular weight is 282 g/mol. The highest BCUT2D eigenvalue weighted by Gasteiger charge is 2.05. The molecule has 4 nitrogen and oxygen atoms in total. The predicted octanol–water partition coefficient (Wildman–Crippen LogP) is 3.12. The molecule has 1 heterocycles. The molecule has 0 aliphatic rings. The van der Waals surface area contributed by atoms with E-state index in [4.69, 9.17) is 0 Å². The van der Waals surface area contributed by atoms with Gasteiger partial charge >= 0.3 is 0 Å². The molecule has 0 bridgehead atoms. The van der Waals surface area contributed by atoms with Crippen molar-refractivity contribution in [2.75, 3.05) is 13.1 Å². The van der Waals surface area contributed by atoms with Crippen LogP contribution in [0.5, 0.6) is 0 Å². The van der Waals surface area contributed by atoms with Crippen LogP contribution in [0.1, 0.15) is 57.2 Å². The van der Waals surface area contributed by atoms with Gasteiger partial charge in [0, 0.05) is 24.4 Å². The number of nitrogens with one attached hydrogen (secondary N) is 2. The minimum Gasteiger partial charge on any atom is -0.357 e. The molecule has 0 fully saturated rings. The fraction of sp³-hybridized carbons (Fsp3) is 0.714. The Labute approximate surface area is 120 Å². The van der Waals surface area contributed by atoms with Crippen LogP contribution < -0.4 is 10.6 Å². The highest BCUT2D eigenvalue weighted by molar-refractivity contribution is 7.09. The molecule has 5 heteroatoms. The zero-order valence-corrected chi connectivity index (χ0v) is 13.3. The number of guanidine groups is 1. The lowest BCUT2D eigenvalue weighted by Crippen LogP contribution is -2.37. The maximum atomic E-state index is 4.59. The zero-order chi connectivity index (χ0) is 14.1. The van der Waals surface area contributed by atoms with Gasteiger partial charge in [0.1, 0.15) is 0 Å². The molecule has 0 amide bonds. The number of aliphatic imine (C=N–C) groups is 1. The molecule has 0 saturated carbocycles. The Balaban J connectivity index is 2.52. The van der Waals surface area contributed by atoms with Gasteiger partial charge in [-0.2, -0.15) is 0 Å². The van der Waals surface area contributed by atoms with Crippen molar-refractivity contribution < 1.29 is 0 Å². The largest absolute Gasteiger partial charge is 0.357 e. The van der Waals surface area contributed by atoms with Gasteiger partial charge in [0.25, 0.3) is 0 Å². The minimum absolute atomic E-state index is 0.499. The summed E-state index contributed by atoms with van der Waals surface area (Å²) in [7, 11) is 0. The highest BCUT2D eigenvalue weighted by Crippen LogP contribution is 2.19. The van der Waals surface area contributed by atoms with Gasteiger partial charge in [-0.15, -0.1) is 11.3 Å². The van der Waals surface area contributed by atoms with Crippen molar-refractivity contribution in [3.05, 3.63) is 16.1 Å². The first-order valence-electron chi connectivity index (χ1n) is 7.13. The number of thiazole rings is 1. The Morgan fingerprint density at radius 1 is 1.37 bits per heavy atom. The van der Waals surface area contributed by atoms with Crippen molar-refractivity contribution in [1.82, 2.24) is 15.6 Å². The van der Waals surface area contributed by atoms with E-state index in [9.17, 15) is 0 Å². The van der Waals surface area contributed by atoms with E-state index in [1.54, 1.807) is 11.3 Å².